The standard InChI is InChI=1S/C21H21ClN4O3/c1-13(27)18-4-3-15(12-23-18)25-6-8-26(9-7-25)21(29)16-10-14-2-5-20(28)24-19(14)11-17(16)22/h3-4,10-12H,2,5-9H2,1H3,(H,24,28). The highest BCUT2D eigenvalue weighted by Gasteiger charge is 2.26. The number of benzene rings is 1. The first kappa shape index (κ1) is 19.4. The molecule has 150 valence electrons. The molecule has 1 fully saturated rings. The summed E-state index contributed by atoms with van der Waals surface area (Å²) in [5, 5.41) is 3.15. The lowest BCUT2D eigenvalue weighted by Crippen LogP contribution is -2.49. The molecule has 2 amide bonds. The Balaban J connectivity index is 1.44. The van der Waals surface area contributed by atoms with Crippen LogP contribution in [-0.2, 0) is 11.2 Å². The maximum absolute atomic E-state index is 13.0. The number of nitrogens with one attached hydrogen (secondary N) is 1. The lowest BCUT2D eigenvalue weighted by molar-refractivity contribution is -0.116. The van der Waals surface area contributed by atoms with Gasteiger partial charge in [0.25, 0.3) is 5.91 Å². The summed E-state index contributed by atoms with van der Waals surface area (Å²) in [6, 6.07) is 7.08. The van der Waals surface area contributed by atoms with E-state index >= 15 is 0 Å². The minimum absolute atomic E-state index is 0.0328. The molecule has 1 saturated heterocycles. The van der Waals surface area contributed by atoms with Crippen LogP contribution >= 0.6 is 11.6 Å². The molecule has 0 saturated carbocycles. The maximum Gasteiger partial charge on any atom is 0.255 e. The Morgan fingerprint density at radius 3 is 2.52 bits per heavy atom. The SMILES string of the molecule is CC(=O)c1ccc(N2CCN(C(=O)c3cc4c(cc3Cl)NC(=O)CC4)CC2)cn1. The number of amides is 2. The number of aromatic nitrogens is 1. The number of aryl methyl sites for hydroxylation is 1. The number of Topliss-reactive ketones (excluding diaryl/α,β-unsaturated/α-hetero) is 1. The zero-order chi connectivity index (χ0) is 20.5. The number of piperazine rings is 1. The molecule has 3 heterocycles. The van der Waals surface area contributed by atoms with Crippen molar-refractivity contribution in [2.45, 2.75) is 19.8 Å². The molecule has 0 atom stereocenters. The number of hydrogen-bond acceptors (Lipinski definition) is 5. The molecule has 0 bridgehead atoms. The summed E-state index contributed by atoms with van der Waals surface area (Å²) in [7, 11) is 0. The van der Waals surface area contributed by atoms with Gasteiger partial charge in [-0.2, -0.15) is 0 Å². The van der Waals surface area contributed by atoms with Gasteiger partial charge in [0, 0.05) is 45.2 Å². The van der Waals surface area contributed by atoms with Crippen molar-refractivity contribution in [3.63, 3.8) is 0 Å². The van der Waals surface area contributed by atoms with E-state index in [1.807, 2.05) is 6.07 Å². The first-order chi connectivity index (χ1) is 13.9. The Hall–Kier alpha value is -2.93. The van der Waals surface area contributed by atoms with Gasteiger partial charge < -0.3 is 15.1 Å². The molecule has 29 heavy (non-hydrogen) atoms. The highest BCUT2D eigenvalue weighted by atomic mass is 35.5. The Labute approximate surface area is 173 Å². The number of nitrogens with zero attached hydrogens (tertiary/aromatic N) is 3. The quantitative estimate of drug-likeness (QED) is 0.784. The van der Waals surface area contributed by atoms with Crippen LogP contribution in [0.25, 0.3) is 0 Å². The smallest absolute Gasteiger partial charge is 0.255 e. The van der Waals surface area contributed by atoms with Gasteiger partial charge in [-0.15, -0.1) is 0 Å². The van der Waals surface area contributed by atoms with E-state index in [0.717, 1.165) is 11.3 Å². The molecule has 7 nitrogen and oxygen atoms in total. The van der Waals surface area contributed by atoms with E-state index in [0.29, 0.717) is 61.0 Å². The average molecular weight is 413 g/mol. The van der Waals surface area contributed by atoms with Crippen molar-refractivity contribution in [3.05, 3.63) is 52.3 Å². The van der Waals surface area contributed by atoms with Crippen molar-refractivity contribution < 1.29 is 14.4 Å². The molecule has 0 unspecified atom stereocenters. The van der Waals surface area contributed by atoms with Crippen molar-refractivity contribution in [2.75, 3.05) is 36.4 Å². The highest BCUT2D eigenvalue weighted by Crippen LogP contribution is 2.30. The van der Waals surface area contributed by atoms with E-state index in [1.165, 1.54) is 6.92 Å². The van der Waals surface area contributed by atoms with E-state index in [2.05, 4.69) is 15.2 Å². The van der Waals surface area contributed by atoms with Gasteiger partial charge in [-0.3, -0.25) is 19.4 Å². The third-order valence-electron chi connectivity index (χ3n) is 5.36. The third-order valence-corrected chi connectivity index (χ3v) is 5.67. The van der Waals surface area contributed by atoms with E-state index < -0.39 is 0 Å². The molecule has 2 aliphatic rings. The number of anilines is 2. The zero-order valence-electron chi connectivity index (χ0n) is 16.1. The molecule has 2 aromatic rings. The van der Waals surface area contributed by atoms with Gasteiger partial charge in [0.2, 0.25) is 5.91 Å². The molecule has 8 heteroatoms. The average Bonchev–Trinajstić information content (AvgIpc) is 2.73. The topological polar surface area (TPSA) is 82.6 Å². The predicted molar refractivity (Wildman–Crippen MR) is 111 cm³/mol. The number of pyridine rings is 1. The summed E-state index contributed by atoms with van der Waals surface area (Å²) >= 11 is 6.34. The van der Waals surface area contributed by atoms with Crippen LogP contribution in [0.15, 0.2) is 30.5 Å². The normalized spacial score (nSPS) is 16.3. The van der Waals surface area contributed by atoms with E-state index in [4.69, 9.17) is 11.6 Å². The van der Waals surface area contributed by atoms with Crippen LogP contribution in [0, 0.1) is 0 Å². The lowest BCUT2D eigenvalue weighted by Gasteiger charge is -2.36. The number of ketones is 1. The van der Waals surface area contributed by atoms with Crippen LogP contribution in [0.2, 0.25) is 5.02 Å². The number of rotatable bonds is 3. The molecule has 2 aliphatic heterocycles. The van der Waals surface area contributed by atoms with E-state index in [9.17, 15) is 14.4 Å². The Kier molecular flexibility index (Phi) is 5.24. The molecular weight excluding hydrogens is 392 g/mol. The van der Waals surface area contributed by atoms with Gasteiger partial charge >= 0.3 is 0 Å². The number of carbonyl (C=O) groups is 3. The summed E-state index contributed by atoms with van der Waals surface area (Å²) < 4.78 is 0. The van der Waals surface area contributed by atoms with Crippen LogP contribution in [-0.4, -0.2) is 53.7 Å². The van der Waals surface area contributed by atoms with Gasteiger partial charge in [-0.25, -0.2) is 0 Å². The third kappa shape index (κ3) is 3.96. The fraction of sp³-hybridized carbons (Fsp3) is 0.333. The fourth-order valence-electron chi connectivity index (χ4n) is 3.69. The summed E-state index contributed by atoms with van der Waals surface area (Å²) in [6.07, 6.45) is 2.72. The summed E-state index contributed by atoms with van der Waals surface area (Å²) in [5.74, 6) is -0.192. The second-order valence-corrected chi connectivity index (χ2v) is 7.68. The number of carbonyl (C=O) groups excluding carboxylic acids is 3. The van der Waals surface area contributed by atoms with E-state index in [-0.39, 0.29) is 17.6 Å². The van der Waals surface area contributed by atoms with Crippen LogP contribution in [0.1, 0.15) is 39.8 Å². The van der Waals surface area contributed by atoms with Crippen molar-refractivity contribution >= 4 is 40.6 Å². The molecule has 0 radical (unpaired) electrons. The summed E-state index contributed by atoms with van der Waals surface area (Å²) in [5.41, 5.74) is 3.48. The fourth-order valence-corrected chi connectivity index (χ4v) is 3.93. The second-order valence-electron chi connectivity index (χ2n) is 7.27. The van der Waals surface area contributed by atoms with Gasteiger partial charge in [-0.05, 0) is 36.2 Å². The van der Waals surface area contributed by atoms with Crippen LogP contribution in [0.4, 0.5) is 11.4 Å². The Morgan fingerprint density at radius 2 is 1.86 bits per heavy atom. The number of halogens is 1. The Bertz CT molecular complexity index is 982. The Morgan fingerprint density at radius 1 is 1.10 bits per heavy atom. The highest BCUT2D eigenvalue weighted by molar-refractivity contribution is 6.34. The van der Waals surface area contributed by atoms with Gasteiger partial charge in [0.1, 0.15) is 5.69 Å². The van der Waals surface area contributed by atoms with Crippen molar-refractivity contribution in [2.24, 2.45) is 0 Å². The summed E-state index contributed by atoms with van der Waals surface area (Å²) in [6.45, 7) is 3.97. The van der Waals surface area contributed by atoms with Crippen molar-refractivity contribution in [3.8, 4) is 0 Å². The second kappa shape index (κ2) is 7.83. The van der Waals surface area contributed by atoms with Crippen LogP contribution in [0.3, 0.4) is 0 Å². The monoisotopic (exact) mass is 412 g/mol. The maximum atomic E-state index is 13.0. The van der Waals surface area contributed by atoms with Crippen molar-refractivity contribution in [1.29, 1.82) is 0 Å². The van der Waals surface area contributed by atoms with Crippen LogP contribution in [0.5, 0.6) is 0 Å². The predicted octanol–water partition coefficient (Wildman–Crippen LogP) is 2.78. The number of hydrogen-bond donors (Lipinski definition) is 1. The molecule has 1 aromatic heterocycles. The first-order valence-corrected chi connectivity index (χ1v) is 9.93. The van der Waals surface area contributed by atoms with Gasteiger partial charge in [-0.1, -0.05) is 11.6 Å². The molecule has 0 aliphatic carbocycles. The van der Waals surface area contributed by atoms with Gasteiger partial charge in [0.15, 0.2) is 5.78 Å². The molecule has 0 spiro atoms. The molecule has 4 rings (SSSR count). The molecular formula is C21H21ClN4O3. The van der Waals surface area contributed by atoms with Crippen LogP contribution < -0.4 is 10.2 Å². The minimum atomic E-state index is -0.0978. The lowest BCUT2D eigenvalue weighted by atomic mass is 9.99. The van der Waals surface area contributed by atoms with Crippen molar-refractivity contribution in [1.82, 2.24) is 9.88 Å². The zero-order valence-corrected chi connectivity index (χ0v) is 16.8. The number of fused-ring (bicyclic) bond motifs is 1. The first-order valence-electron chi connectivity index (χ1n) is 9.56. The summed E-state index contributed by atoms with van der Waals surface area (Å²) in [4.78, 5) is 44.1. The van der Waals surface area contributed by atoms with E-state index in [1.54, 1.807) is 29.3 Å². The molecule has 1 aromatic carbocycles. The molecule has 1 N–H and O–H groups in total. The minimum Gasteiger partial charge on any atom is -0.367 e. The van der Waals surface area contributed by atoms with Gasteiger partial charge in [0.05, 0.1) is 22.5 Å². The largest absolute Gasteiger partial charge is 0.367 e.